The Kier molecular flexibility index (Phi) is 21.2. The van der Waals surface area contributed by atoms with E-state index in [4.69, 9.17) is 30.4 Å². The van der Waals surface area contributed by atoms with Crippen LogP contribution in [0.1, 0.15) is 95.9 Å². The largest absolute Gasteiger partial charge is 0.462 e. The number of halogens is 10. The van der Waals surface area contributed by atoms with E-state index in [0.717, 1.165) is 23.3 Å². The molecule has 6 aromatic carbocycles. The van der Waals surface area contributed by atoms with E-state index in [1.165, 1.54) is 109 Å². The lowest BCUT2D eigenvalue weighted by molar-refractivity contribution is -0.186. The Balaban J connectivity index is 1.06. The van der Waals surface area contributed by atoms with E-state index in [0.29, 0.717) is 72.2 Å². The summed E-state index contributed by atoms with van der Waals surface area (Å²) >= 11 is 0. The molecule has 0 aliphatic heterocycles. The van der Waals surface area contributed by atoms with Gasteiger partial charge in [0, 0.05) is 41.8 Å². The van der Waals surface area contributed by atoms with E-state index in [1.807, 2.05) is 0 Å². The van der Waals surface area contributed by atoms with Gasteiger partial charge in [-0.05, 0) is 170 Å². The van der Waals surface area contributed by atoms with E-state index < -0.39 is 65.9 Å². The van der Waals surface area contributed by atoms with Crippen molar-refractivity contribution < 1.29 is 72.4 Å². The third-order valence-corrected chi connectivity index (χ3v) is 12.7. The lowest BCUT2D eigenvalue weighted by Gasteiger charge is -2.33. The first-order valence-electron chi connectivity index (χ1n) is 25.5. The van der Waals surface area contributed by atoms with Crippen molar-refractivity contribution in [3.05, 3.63) is 202 Å². The number of nitrogen functional groups attached to an aromatic ring is 2. The van der Waals surface area contributed by atoms with Crippen molar-refractivity contribution in [3.8, 4) is 11.5 Å². The number of carbonyl (C=O) groups is 2. The molecule has 18 heteroatoms. The van der Waals surface area contributed by atoms with Crippen LogP contribution in [0.25, 0.3) is 12.2 Å². The van der Waals surface area contributed by atoms with E-state index in [2.05, 4.69) is 0 Å². The smallest absolute Gasteiger partial charge is 0.426 e. The maximum Gasteiger partial charge on any atom is 0.426 e. The molecule has 0 unspecified atom stereocenters. The molecule has 0 amide bonds. The topological polar surface area (TPSA) is 123 Å². The summed E-state index contributed by atoms with van der Waals surface area (Å²) < 4.78 is 157. The summed E-state index contributed by atoms with van der Waals surface area (Å²) in [6.45, 7) is -0.505. The van der Waals surface area contributed by atoms with Crippen LogP contribution in [0, 0.1) is 5.41 Å². The molecular weight excluding hydrogens is 1050 g/mol. The third-order valence-electron chi connectivity index (χ3n) is 12.7. The number of aryl methyl sites for hydroxylation is 2. The van der Waals surface area contributed by atoms with Crippen LogP contribution in [0.2, 0.25) is 0 Å². The number of hydrogen-bond donors (Lipinski definition) is 2. The van der Waals surface area contributed by atoms with Gasteiger partial charge in [0.2, 0.25) is 0 Å². The first-order chi connectivity index (χ1) is 37.4. The second kappa shape index (κ2) is 27.7. The standard InChI is InChI=1S/C61H60F10N2O6/c62-58(63,64)37-5-1-3-7-43-9-23-49(24-10-43)60(68,69)78-53-31-17-45(18-32-53)21-35-55(74)76-41-57(39-47-13-27-51(72)28-14-47,40-48-15-29-52(73)30-16-48)42-77-56(75)36-22-46-19-33-54(34-20-46)79-61(70,71)50-25-11-44(12-26-50)8-4-2-6-38-59(65,66)67/h9-36H,1-8,37-42,72-73H2/b35-21+,36-22+. The lowest BCUT2D eigenvalue weighted by Crippen LogP contribution is -2.38. The van der Waals surface area contributed by atoms with Gasteiger partial charge >= 0.3 is 36.5 Å². The Morgan fingerprint density at radius 2 is 0.734 bits per heavy atom. The average molecular weight is 1110 g/mol. The molecule has 4 N–H and O–H groups in total. The van der Waals surface area contributed by atoms with Crippen molar-refractivity contribution in [2.24, 2.45) is 5.41 Å². The van der Waals surface area contributed by atoms with Gasteiger partial charge in [-0.3, -0.25) is 0 Å². The molecule has 0 heterocycles. The SMILES string of the molecule is Nc1ccc(CC(COC(=O)/C=C/c2ccc(OC(F)(F)c3ccc(CCCCCC(F)(F)F)cc3)cc2)(COC(=O)/C=C/c2ccc(OC(F)(F)c3ccc(CCCCCC(F)(F)F)cc3)cc2)Cc2ccc(N)cc2)cc1. The Morgan fingerprint density at radius 3 is 1.06 bits per heavy atom. The molecular formula is C61H60F10N2O6. The Hall–Kier alpha value is -7.76. The number of unbranched alkanes of at least 4 members (excludes halogenated alkanes) is 4. The maximum absolute atomic E-state index is 15.2. The number of ether oxygens (including phenoxy) is 4. The highest BCUT2D eigenvalue weighted by Crippen LogP contribution is 2.35. The van der Waals surface area contributed by atoms with Crippen molar-refractivity contribution in [2.45, 2.75) is 102 Å². The minimum Gasteiger partial charge on any atom is -0.462 e. The van der Waals surface area contributed by atoms with Crippen molar-refractivity contribution in [1.29, 1.82) is 0 Å². The molecule has 0 aliphatic rings. The fourth-order valence-corrected chi connectivity index (χ4v) is 8.42. The molecule has 0 aromatic heterocycles. The third kappa shape index (κ3) is 21.2. The van der Waals surface area contributed by atoms with E-state index in [1.54, 1.807) is 48.5 Å². The van der Waals surface area contributed by atoms with Crippen LogP contribution < -0.4 is 20.9 Å². The summed E-state index contributed by atoms with van der Waals surface area (Å²) in [6, 6.07) is 35.9. The summed E-state index contributed by atoms with van der Waals surface area (Å²) in [5.74, 6) is -1.85. The van der Waals surface area contributed by atoms with Gasteiger partial charge in [0.15, 0.2) is 0 Å². The minimum absolute atomic E-state index is 0.0000203. The molecule has 0 saturated carbocycles. The summed E-state index contributed by atoms with van der Waals surface area (Å²) in [4.78, 5) is 26.7. The zero-order chi connectivity index (χ0) is 57.1. The van der Waals surface area contributed by atoms with Gasteiger partial charge in [-0.2, -0.15) is 43.9 Å². The molecule has 0 atom stereocenters. The number of hydrogen-bond acceptors (Lipinski definition) is 8. The van der Waals surface area contributed by atoms with Crippen LogP contribution in [0.3, 0.4) is 0 Å². The van der Waals surface area contributed by atoms with Gasteiger partial charge in [0.1, 0.15) is 24.7 Å². The number of nitrogens with two attached hydrogens (primary N) is 2. The summed E-state index contributed by atoms with van der Waals surface area (Å²) in [5, 5.41) is 0. The highest BCUT2D eigenvalue weighted by Gasteiger charge is 2.37. The Bertz CT molecular complexity index is 2710. The summed E-state index contributed by atoms with van der Waals surface area (Å²) in [5.41, 5.74) is 14.9. The maximum atomic E-state index is 15.2. The first-order valence-corrected chi connectivity index (χ1v) is 25.5. The zero-order valence-corrected chi connectivity index (χ0v) is 42.9. The summed E-state index contributed by atoms with van der Waals surface area (Å²) in [7, 11) is 0. The van der Waals surface area contributed by atoms with Gasteiger partial charge in [-0.1, -0.05) is 85.6 Å². The highest BCUT2D eigenvalue weighted by molar-refractivity contribution is 5.87. The predicted octanol–water partition coefficient (Wildman–Crippen LogP) is 15.7. The number of benzene rings is 6. The Labute approximate surface area is 452 Å². The molecule has 8 nitrogen and oxygen atoms in total. The number of rotatable bonds is 28. The predicted molar refractivity (Wildman–Crippen MR) is 283 cm³/mol. The molecule has 0 radical (unpaired) electrons. The van der Waals surface area contributed by atoms with Crippen molar-refractivity contribution in [2.75, 3.05) is 24.7 Å². The van der Waals surface area contributed by atoms with Crippen LogP contribution in [-0.2, 0) is 57.0 Å². The number of carbonyl (C=O) groups excluding carboxylic acids is 2. The summed E-state index contributed by atoms with van der Waals surface area (Å²) in [6.07, 6.45) is -9.38. The molecule has 0 aliphatic carbocycles. The Morgan fingerprint density at radius 1 is 0.405 bits per heavy atom. The van der Waals surface area contributed by atoms with Crippen molar-refractivity contribution in [3.63, 3.8) is 0 Å². The lowest BCUT2D eigenvalue weighted by atomic mass is 9.77. The number of anilines is 2. The second-order valence-electron chi connectivity index (χ2n) is 19.3. The monoisotopic (exact) mass is 1110 g/mol. The number of esters is 2. The van der Waals surface area contributed by atoms with E-state index >= 15 is 17.6 Å². The van der Waals surface area contributed by atoms with Crippen molar-refractivity contribution >= 4 is 35.5 Å². The van der Waals surface area contributed by atoms with Gasteiger partial charge in [-0.15, -0.1) is 0 Å². The quantitative estimate of drug-likeness (QED) is 0.0164. The molecule has 0 spiro atoms. The molecule has 420 valence electrons. The second-order valence-corrected chi connectivity index (χ2v) is 19.3. The molecule has 0 fully saturated rings. The van der Waals surface area contributed by atoms with Gasteiger partial charge in [0.05, 0.1) is 11.1 Å². The normalized spacial score (nSPS) is 12.5. The fraction of sp³-hybridized carbons (Fsp3) is 0.311. The van der Waals surface area contributed by atoms with Crippen LogP contribution >= 0.6 is 0 Å². The van der Waals surface area contributed by atoms with Crippen LogP contribution in [0.5, 0.6) is 11.5 Å². The van der Waals surface area contributed by atoms with Crippen LogP contribution in [-0.4, -0.2) is 37.5 Å². The van der Waals surface area contributed by atoms with Crippen LogP contribution in [0.4, 0.5) is 55.3 Å². The molecule has 79 heavy (non-hydrogen) atoms. The molecule has 0 saturated heterocycles. The van der Waals surface area contributed by atoms with Crippen molar-refractivity contribution in [1.82, 2.24) is 0 Å². The zero-order valence-electron chi connectivity index (χ0n) is 42.9. The molecule has 0 bridgehead atoms. The number of alkyl halides is 10. The molecule has 6 aromatic rings. The van der Waals surface area contributed by atoms with E-state index in [9.17, 15) is 35.9 Å². The van der Waals surface area contributed by atoms with Gasteiger partial charge < -0.3 is 30.4 Å². The average Bonchev–Trinajstić information content (AvgIpc) is 3.41. The van der Waals surface area contributed by atoms with Gasteiger partial charge in [0.25, 0.3) is 0 Å². The van der Waals surface area contributed by atoms with Gasteiger partial charge in [-0.25, -0.2) is 9.59 Å². The minimum atomic E-state index is -4.21. The van der Waals surface area contributed by atoms with Crippen LogP contribution in [0.15, 0.2) is 158 Å². The highest BCUT2D eigenvalue weighted by atomic mass is 19.4. The van der Waals surface area contributed by atoms with E-state index in [-0.39, 0.29) is 50.4 Å². The molecule has 6 rings (SSSR count). The first kappa shape index (κ1) is 60.5. The fourth-order valence-electron chi connectivity index (χ4n) is 8.42.